The van der Waals surface area contributed by atoms with Gasteiger partial charge in [-0.1, -0.05) is 17.7 Å². The van der Waals surface area contributed by atoms with Crippen molar-refractivity contribution in [3.05, 3.63) is 23.2 Å². The largest absolute Gasteiger partial charge is 0.496 e. The second-order valence-electron chi connectivity index (χ2n) is 2.55. The molecule has 0 spiro atoms. The van der Waals surface area contributed by atoms with Crippen molar-refractivity contribution in [1.82, 2.24) is 0 Å². The zero-order valence-electron chi connectivity index (χ0n) is 6.87. The van der Waals surface area contributed by atoms with Gasteiger partial charge in [-0.2, -0.15) is 0 Å². The molecule has 1 nitrogen and oxygen atoms in total. The SMILES string of the molecule is COc1cccc2sc(S)c(Cl)c12. The van der Waals surface area contributed by atoms with Crippen LogP contribution in [0.15, 0.2) is 22.4 Å². The Bertz CT molecular complexity index is 450. The van der Waals surface area contributed by atoms with Crippen molar-refractivity contribution in [2.24, 2.45) is 0 Å². The number of rotatable bonds is 1. The van der Waals surface area contributed by atoms with Crippen LogP contribution in [0.25, 0.3) is 10.1 Å². The lowest BCUT2D eigenvalue weighted by atomic mass is 10.2. The smallest absolute Gasteiger partial charge is 0.129 e. The van der Waals surface area contributed by atoms with Crippen molar-refractivity contribution in [3.63, 3.8) is 0 Å². The van der Waals surface area contributed by atoms with E-state index in [1.54, 1.807) is 18.4 Å². The number of hydrogen-bond acceptors (Lipinski definition) is 3. The highest BCUT2D eigenvalue weighted by atomic mass is 35.5. The highest BCUT2D eigenvalue weighted by molar-refractivity contribution is 7.83. The first-order chi connectivity index (χ1) is 6.24. The number of hydrogen-bond donors (Lipinski definition) is 1. The van der Waals surface area contributed by atoms with Gasteiger partial charge in [0, 0.05) is 4.70 Å². The van der Waals surface area contributed by atoms with E-state index in [0.717, 1.165) is 20.0 Å². The fraction of sp³-hybridized carbons (Fsp3) is 0.111. The minimum absolute atomic E-state index is 0.681. The first kappa shape index (κ1) is 9.19. The summed E-state index contributed by atoms with van der Waals surface area (Å²) in [5.74, 6) is 0.805. The summed E-state index contributed by atoms with van der Waals surface area (Å²) < 4.78 is 7.15. The average molecular weight is 231 g/mol. The molecule has 0 aliphatic carbocycles. The topological polar surface area (TPSA) is 9.23 Å². The third-order valence-corrected chi connectivity index (χ3v) is 3.90. The highest BCUT2D eigenvalue weighted by Crippen LogP contribution is 2.42. The van der Waals surface area contributed by atoms with Crippen molar-refractivity contribution < 1.29 is 4.74 Å². The number of thiophene rings is 1. The second kappa shape index (κ2) is 3.40. The fourth-order valence-electron chi connectivity index (χ4n) is 1.24. The normalized spacial score (nSPS) is 10.7. The minimum Gasteiger partial charge on any atom is -0.496 e. The molecular weight excluding hydrogens is 224 g/mol. The van der Waals surface area contributed by atoms with Gasteiger partial charge < -0.3 is 4.74 Å². The summed E-state index contributed by atoms with van der Waals surface area (Å²) in [6.45, 7) is 0. The molecule has 0 bridgehead atoms. The summed E-state index contributed by atoms with van der Waals surface area (Å²) in [6, 6.07) is 5.85. The monoisotopic (exact) mass is 230 g/mol. The molecule has 0 saturated carbocycles. The first-order valence-electron chi connectivity index (χ1n) is 3.68. The molecule has 0 saturated heterocycles. The Balaban J connectivity index is 2.87. The Hall–Kier alpha value is -0.380. The summed E-state index contributed by atoms with van der Waals surface area (Å²) in [4.78, 5) is 0. The van der Waals surface area contributed by atoms with Crippen LogP contribution in [0.1, 0.15) is 0 Å². The summed E-state index contributed by atoms with van der Waals surface area (Å²) in [6.07, 6.45) is 0. The van der Waals surface area contributed by atoms with Gasteiger partial charge >= 0.3 is 0 Å². The van der Waals surface area contributed by atoms with Gasteiger partial charge in [0.05, 0.1) is 21.7 Å². The molecule has 0 unspecified atom stereocenters. The fourth-order valence-corrected chi connectivity index (χ4v) is 2.86. The molecule has 0 fully saturated rings. The van der Waals surface area contributed by atoms with Crippen molar-refractivity contribution >= 4 is 45.7 Å². The molecule has 0 aliphatic heterocycles. The zero-order chi connectivity index (χ0) is 9.42. The van der Waals surface area contributed by atoms with E-state index in [2.05, 4.69) is 12.6 Å². The summed E-state index contributed by atoms with van der Waals surface area (Å²) in [5.41, 5.74) is 0. The van der Waals surface area contributed by atoms with Crippen molar-refractivity contribution in [3.8, 4) is 5.75 Å². The van der Waals surface area contributed by atoms with E-state index >= 15 is 0 Å². The van der Waals surface area contributed by atoms with Gasteiger partial charge in [0.25, 0.3) is 0 Å². The lowest BCUT2D eigenvalue weighted by molar-refractivity contribution is 0.420. The Morgan fingerprint density at radius 1 is 1.46 bits per heavy atom. The predicted octanol–water partition coefficient (Wildman–Crippen LogP) is 3.85. The molecule has 1 heterocycles. The number of fused-ring (bicyclic) bond motifs is 1. The van der Waals surface area contributed by atoms with Crippen LogP contribution in [0.2, 0.25) is 5.02 Å². The minimum atomic E-state index is 0.681. The van der Waals surface area contributed by atoms with Gasteiger partial charge in [-0.05, 0) is 12.1 Å². The lowest BCUT2D eigenvalue weighted by Crippen LogP contribution is -1.81. The maximum absolute atomic E-state index is 6.08. The Morgan fingerprint density at radius 3 is 2.92 bits per heavy atom. The van der Waals surface area contributed by atoms with Crippen LogP contribution in [0.3, 0.4) is 0 Å². The van der Waals surface area contributed by atoms with E-state index in [4.69, 9.17) is 16.3 Å². The average Bonchev–Trinajstić information content (AvgIpc) is 2.43. The Kier molecular flexibility index (Phi) is 2.41. The highest BCUT2D eigenvalue weighted by Gasteiger charge is 2.11. The molecular formula is C9H7ClOS2. The third-order valence-electron chi connectivity index (χ3n) is 1.82. The maximum atomic E-state index is 6.08. The first-order valence-corrected chi connectivity index (χ1v) is 5.32. The van der Waals surface area contributed by atoms with Crippen LogP contribution < -0.4 is 4.74 Å². The molecule has 0 radical (unpaired) electrons. The molecule has 0 atom stereocenters. The maximum Gasteiger partial charge on any atom is 0.129 e. The van der Waals surface area contributed by atoms with E-state index in [0.29, 0.717) is 5.02 Å². The van der Waals surface area contributed by atoms with E-state index in [9.17, 15) is 0 Å². The quantitative estimate of drug-likeness (QED) is 0.733. The molecule has 13 heavy (non-hydrogen) atoms. The van der Waals surface area contributed by atoms with Crippen molar-refractivity contribution in [1.29, 1.82) is 0 Å². The van der Waals surface area contributed by atoms with E-state index < -0.39 is 0 Å². The zero-order valence-corrected chi connectivity index (χ0v) is 9.34. The molecule has 68 valence electrons. The van der Waals surface area contributed by atoms with Crippen LogP contribution in [0.4, 0.5) is 0 Å². The molecule has 2 rings (SSSR count). The van der Waals surface area contributed by atoms with Crippen molar-refractivity contribution in [2.45, 2.75) is 4.21 Å². The summed E-state index contributed by atoms with van der Waals surface area (Å²) in [5, 5.41) is 1.64. The Morgan fingerprint density at radius 2 is 2.23 bits per heavy atom. The number of thiol groups is 1. The predicted molar refractivity (Wildman–Crippen MR) is 60.6 cm³/mol. The molecule has 0 aliphatic rings. The van der Waals surface area contributed by atoms with Crippen molar-refractivity contribution in [2.75, 3.05) is 7.11 Å². The third kappa shape index (κ3) is 1.41. The van der Waals surface area contributed by atoms with E-state index in [-0.39, 0.29) is 0 Å². The van der Waals surface area contributed by atoms with E-state index in [1.165, 1.54) is 0 Å². The lowest BCUT2D eigenvalue weighted by Gasteiger charge is -2.00. The number of halogens is 1. The number of methoxy groups -OCH3 is 1. The summed E-state index contributed by atoms with van der Waals surface area (Å²) in [7, 11) is 1.64. The van der Waals surface area contributed by atoms with Crippen LogP contribution >= 0.6 is 35.6 Å². The van der Waals surface area contributed by atoms with Crippen LogP contribution in [-0.4, -0.2) is 7.11 Å². The van der Waals surface area contributed by atoms with Gasteiger partial charge in [-0.3, -0.25) is 0 Å². The molecule has 2 aromatic rings. The molecule has 4 heteroatoms. The molecule has 0 N–H and O–H groups in total. The molecule has 1 aromatic carbocycles. The molecule has 0 amide bonds. The number of benzene rings is 1. The van der Waals surface area contributed by atoms with Crippen LogP contribution in [-0.2, 0) is 0 Å². The van der Waals surface area contributed by atoms with Crippen LogP contribution in [0, 0.1) is 0 Å². The van der Waals surface area contributed by atoms with Gasteiger partial charge in [-0.15, -0.1) is 24.0 Å². The Labute approximate surface area is 90.7 Å². The standard InChI is InChI=1S/C9H7ClOS2/c1-11-5-3-2-4-6-7(5)8(10)9(12)13-6/h2-4,12H,1H3. The van der Waals surface area contributed by atoms with Gasteiger partial charge in [0.15, 0.2) is 0 Å². The number of ether oxygens (including phenoxy) is 1. The van der Waals surface area contributed by atoms with Crippen LogP contribution in [0.5, 0.6) is 5.75 Å². The molecule has 1 aromatic heterocycles. The van der Waals surface area contributed by atoms with Gasteiger partial charge in [0.1, 0.15) is 5.75 Å². The van der Waals surface area contributed by atoms with Gasteiger partial charge in [-0.25, -0.2) is 0 Å². The van der Waals surface area contributed by atoms with E-state index in [1.807, 2.05) is 18.2 Å². The summed E-state index contributed by atoms with van der Waals surface area (Å²) >= 11 is 11.9. The van der Waals surface area contributed by atoms with Gasteiger partial charge in [0.2, 0.25) is 0 Å². The second-order valence-corrected chi connectivity index (χ2v) is 4.73.